The van der Waals surface area contributed by atoms with E-state index in [1.165, 1.54) is 36.4 Å². The number of carbonyl (C=O) groups excluding carboxylic acids is 2. The maximum Gasteiger partial charge on any atom is 0.343 e. The molecule has 0 aliphatic heterocycles. The number of sulfonamides is 1. The van der Waals surface area contributed by atoms with Crippen molar-refractivity contribution in [1.29, 1.82) is 0 Å². The van der Waals surface area contributed by atoms with E-state index in [1.807, 2.05) is 0 Å². The summed E-state index contributed by atoms with van der Waals surface area (Å²) in [5.74, 6) is -2.53. The summed E-state index contributed by atoms with van der Waals surface area (Å²) in [6, 6.07) is 8.84. The largest absolute Gasteiger partial charge is 0.452 e. The summed E-state index contributed by atoms with van der Waals surface area (Å²) >= 11 is 5.76. The maximum absolute atomic E-state index is 13.6. The second kappa shape index (κ2) is 8.47. The highest BCUT2D eigenvalue weighted by atomic mass is 35.5. The molecule has 0 bridgehead atoms. The molecule has 0 unspecified atom stereocenters. The number of rotatable bonds is 6. The predicted molar refractivity (Wildman–Crippen MR) is 96.1 cm³/mol. The van der Waals surface area contributed by atoms with Crippen LogP contribution in [0.3, 0.4) is 0 Å². The summed E-state index contributed by atoms with van der Waals surface area (Å²) in [5.41, 5.74) is 0.165. The molecule has 1 amide bonds. The average molecular weight is 415 g/mol. The summed E-state index contributed by atoms with van der Waals surface area (Å²) in [7, 11) is -3.81. The molecule has 2 rings (SSSR count). The van der Waals surface area contributed by atoms with Gasteiger partial charge in [-0.05, 0) is 36.8 Å². The van der Waals surface area contributed by atoms with Crippen molar-refractivity contribution < 1.29 is 27.1 Å². The van der Waals surface area contributed by atoms with Gasteiger partial charge in [-0.2, -0.15) is 0 Å². The zero-order valence-corrected chi connectivity index (χ0v) is 15.7. The zero-order valence-electron chi connectivity index (χ0n) is 14.1. The van der Waals surface area contributed by atoms with Crippen LogP contribution in [0.5, 0.6) is 0 Å². The number of benzene rings is 2. The molecule has 1 atom stereocenters. The Balaban J connectivity index is 1.94. The number of primary sulfonamides is 1. The topological polar surface area (TPSA) is 116 Å². The van der Waals surface area contributed by atoms with Crippen LogP contribution in [0.2, 0.25) is 5.02 Å². The SMILES string of the molecule is C[C@@H](NC(=O)COC(=O)c1c(F)cccc1Cl)c1ccc(S(N)(=O)=O)cc1. The Morgan fingerprint density at radius 2 is 1.85 bits per heavy atom. The first-order chi connectivity index (χ1) is 12.6. The van der Waals surface area contributed by atoms with E-state index in [0.717, 1.165) is 6.07 Å². The van der Waals surface area contributed by atoms with Gasteiger partial charge in [-0.1, -0.05) is 29.8 Å². The lowest BCUT2D eigenvalue weighted by atomic mass is 10.1. The van der Waals surface area contributed by atoms with Crippen molar-refractivity contribution in [1.82, 2.24) is 5.32 Å². The monoisotopic (exact) mass is 414 g/mol. The molecule has 0 aliphatic rings. The van der Waals surface area contributed by atoms with Gasteiger partial charge in [0, 0.05) is 0 Å². The fraction of sp³-hybridized carbons (Fsp3) is 0.176. The van der Waals surface area contributed by atoms with Crippen LogP contribution >= 0.6 is 11.6 Å². The van der Waals surface area contributed by atoms with Gasteiger partial charge in [0.1, 0.15) is 11.4 Å². The van der Waals surface area contributed by atoms with Crippen LogP contribution in [-0.2, 0) is 19.6 Å². The van der Waals surface area contributed by atoms with Crippen LogP contribution in [0.25, 0.3) is 0 Å². The van der Waals surface area contributed by atoms with E-state index in [-0.39, 0.29) is 9.92 Å². The molecule has 0 fully saturated rings. The lowest BCUT2D eigenvalue weighted by Crippen LogP contribution is -2.31. The van der Waals surface area contributed by atoms with Crippen molar-refractivity contribution in [3.8, 4) is 0 Å². The summed E-state index contributed by atoms with van der Waals surface area (Å²) < 4.78 is 40.9. The highest BCUT2D eigenvalue weighted by molar-refractivity contribution is 7.89. The van der Waals surface area contributed by atoms with Gasteiger partial charge in [-0.3, -0.25) is 4.79 Å². The number of carbonyl (C=O) groups is 2. The van der Waals surface area contributed by atoms with Crippen LogP contribution < -0.4 is 10.5 Å². The third kappa shape index (κ3) is 5.49. The molecule has 0 aliphatic carbocycles. The third-order valence-electron chi connectivity index (χ3n) is 3.59. The lowest BCUT2D eigenvalue weighted by Gasteiger charge is -2.15. The molecule has 0 aromatic heterocycles. The minimum atomic E-state index is -3.81. The molecule has 144 valence electrons. The molecule has 10 heteroatoms. The zero-order chi connectivity index (χ0) is 20.2. The van der Waals surface area contributed by atoms with Crippen molar-refractivity contribution in [2.24, 2.45) is 5.14 Å². The number of amides is 1. The molecule has 2 aromatic carbocycles. The molecule has 0 heterocycles. The van der Waals surface area contributed by atoms with Crippen LogP contribution in [0.1, 0.15) is 28.9 Å². The van der Waals surface area contributed by atoms with Gasteiger partial charge in [-0.25, -0.2) is 22.7 Å². The Morgan fingerprint density at radius 1 is 1.22 bits per heavy atom. The van der Waals surface area contributed by atoms with Crippen molar-refractivity contribution in [3.05, 3.63) is 64.4 Å². The first-order valence-corrected chi connectivity index (χ1v) is 9.55. The average Bonchev–Trinajstić information content (AvgIpc) is 2.59. The Bertz CT molecular complexity index is 944. The molecule has 3 N–H and O–H groups in total. The van der Waals surface area contributed by atoms with E-state index in [0.29, 0.717) is 5.56 Å². The van der Waals surface area contributed by atoms with Gasteiger partial charge in [0.05, 0.1) is 16.0 Å². The molecule has 7 nitrogen and oxygen atoms in total. The predicted octanol–water partition coefficient (Wildman–Crippen LogP) is 2.16. The normalized spacial score (nSPS) is 12.3. The second-order valence-electron chi connectivity index (χ2n) is 5.58. The van der Waals surface area contributed by atoms with Gasteiger partial charge >= 0.3 is 5.97 Å². The minimum Gasteiger partial charge on any atom is -0.452 e. The molecule has 0 saturated heterocycles. The number of nitrogens with one attached hydrogen (secondary N) is 1. The van der Waals surface area contributed by atoms with Gasteiger partial charge in [-0.15, -0.1) is 0 Å². The Hall–Kier alpha value is -2.49. The van der Waals surface area contributed by atoms with Crippen molar-refractivity contribution in [2.45, 2.75) is 17.9 Å². The Labute approximate surface area is 160 Å². The number of esters is 1. The van der Waals surface area contributed by atoms with Gasteiger partial charge in [0.25, 0.3) is 5.91 Å². The summed E-state index contributed by atoms with van der Waals surface area (Å²) in [5, 5.41) is 7.46. The van der Waals surface area contributed by atoms with E-state index in [9.17, 15) is 22.4 Å². The number of nitrogens with two attached hydrogens (primary N) is 1. The fourth-order valence-corrected chi connectivity index (χ4v) is 2.96. The van der Waals surface area contributed by atoms with Crippen LogP contribution in [0.15, 0.2) is 47.4 Å². The Kier molecular flexibility index (Phi) is 6.53. The second-order valence-corrected chi connectivity index (χ2v) is 7.54. The van der Waals surface area contributed by atoms with E-state index >= 15 is 0 Å². The van der Waals surface area contributed by atoms with E-state index < -0.39 is 45.9 Å². The summed E-state index contributed by atoms with van der Waals surface area (Å²) in [6.07, 6.45) is 0. The lowest BCUT2D eigenvalue weighted by molar-refractivity contribution is -0.124. The smallest absolute Gasteiger partial charge is 0.343 e. The first kappa shape index (κ1) is 20.8. The Morgan fingerprint density at radius 3 is 2.41 bits per heavy atom. The summed E-state index contributed by atoms with van der Waals surface area (Å²) in [6.45, 7) is 1.02. The third-order valence-corrected chi connectivity index (χ3v) is 4.83. The number of hydrogen-bond acceptors (Lipinski definition) is 5. The highest BCUT2D eigenvalue weighted by Gasteiger charge is 2.19. The first-order valence-electron chi connectivity index (χ1n) is 7.63. The van der Waals surface area contributed by atoms with Crippen LogP contribution in [0, 0.1) is 5.82 Å². The molecule has 27 heavy (non-hydrogen) atoms. The molecular weight excluding hydrogens is 399 g/mol. The van der Waals surface area contributed by atoms with Gasteiger partial charge in [0.15, 0.2) is 6.61 Å². The fourth-order valence-electron chi connectivity index (χ4n) is 2.21. The number of halogens is 2. The van der Waals surface area contributed by atoms with Gasteiger partial charge < -0.3 is 10.1 Å². The van der Waals surface area contributed by atoms with E-state index in [2.05, 4.69) is 5.32 Å². The van der Waals surface area contributed by atoms with Crippen LogP contribution in [0.4, 0.5) is 4.39 Å². The van der Waals surface area contributed by atoms with Crippen LogP contribution in [-0.4, -0.2) is 26.9 Å². The molecule has 2 aromatic rings. The standard InChI is InChI=1S/C17H16ClFN2O5S/c1-10(11-5-7-12(8-6-11)27(20,24)25)21-15(22)9-26-17(23)16-13(18)3-2-4-14(16)19/h2-8,10H,9H2,1H3,(H,21,22)(H2,20,24,25)/t10-/m1/s1. The molecule has 0 saturated carbocycles. The number of ether oxygens (including phenoxy) is 1. The quantitative estimate of drug-likeness (QED) is 0.703. The van der Waals surface area contributed by atoms with E-state index in [4.69, 9.17) is 21.5 Å². The summed E-state index contributed by atoms with van der Waals surface area (Å²) in [4.78, 5) is 23.8. The highest BCUT2D eigenvalue weighted by Crippen LogP contribution is 2.20. The molecule has 0 radical (unpaired) electrons. The molecule has 0 spiro atoms. The molecular formula is C17H16ClFN2O5S. The maximum atomic E-state index is 13.6. The van der Waals surface area contributed by atoms with Crippen molar-refractivity contribution in [2.75, 3.05) is 6.61 Å². The van der Waals surface area contributed by atoms with E-state index in [1.54, 1.807) is 6.92 Å². The van der Waals surface area contributed by atoms with Gasteiger partial charge in [0.2, 0.25) is 10.0 Å². The minimum absolute atomic E-state index is 0.0551. The number of hydrogen-bond donors (Lipinski definition) is 2. The van der Waals surface area contributed by atoms with Crippen molar-refractivity contribution in [3.63, 3.8) is 0 Å². The van der Waals surface area contributed by atoms with Crippen molar-refractivity contribution >= 4 is 33.5 Å².